The van der Waals surface area contributed by atoms with E-state index in [4.69, 9.17) is 0 Å². The summed E-state index contributed by atoms with van der Waals surface area (Å²) in [6.45, 7) is 4.40. The van der Waals surface area contributed by atoms with Crippen molar-refractivity contribution in [1.29, 1.82) is 0 Å². The maximum absolute atomic E-state index is 13.1. The molecule has 1 N–H and O–H groups in total. The Kier molecular flexibility index (Phi) is 5.25. The van der Waals surface area contributed by atoms with E-state index < -0.39 is 22.2 Å². The van der Waals surface area contributed by atoms with Crippen LogP contribution in [-0.2, 0) is 4.79 Å². The first-order valence-electron chi connectivity index (χ1n) is 10.2. The Hall–Kier alpha value is -4.01. The number of hydrogen-bond acceptors (Lipinski definition) is 5. The molecule has 0 spiro atoms. The maximum Gasteiger partial charge on any atom is 0.295 e. The van der Waals surface area contributed by atoms with Gasteiger partial charge in [0.1, 0.15) is 5.52 Å². The summed E-state index contributed by atoms with van der Waals surface area (Å²) in [5.74, 6) is -1.57. The van der Waals surface area contributed by atoms with E-state index in [1.54, 1.807) is 35.2 Å². The predicted molar refractivity (Wildman–Crippen MR) is 117 cm³/mol. The number of fused-ring (bicyclic) bond motifs is 1. The van der Waals surface area contributed by atoms with Crippen LogP contribution in [-0.4, -0.2) is 62.5 Å². The number of aromatic amines is 1. The van der Waals surface area contributed by atoms with Crippen molar-refractivity contribution in [3.8, 4) is 0 Å². The molecule has 9 nitrogen and oxygen atoms in total. The van der Waals surface area contributed by atoms with E-state index in [1.165, 1.54) is 23.2 Å². The number of para-hydroxylation sites is 1. The summed E-state index contributed by atoms with van der Waals surface area (Å²) < 4.78 is 0. The number of H-pyrrole nitrogens is 1. The second-order valence-electron chi connectivity index (χ2n) is 8.35. The number of piperazine rings is 1. The van der Waals surface area contributed by atoms with E-state index in [0.29, 0.717) is 17.5 Å². The molecule has 0 bridgehead atoms. The Morgan fingerprint density at radius 1 is 1.03 bits per heavy atom. The summed E-state index contributed by atoms with van der Waals surface area (Å²) >= 11 is 0. The lowest BCUT2D eigenvalue weighted by molar-refractivity contribution is -0.383. The van der Waals surface area contributed by atoms with E-state index in [2.05, 4.69) is 4.98 Å². The molecule has 2 amide bonds. The Morgan fingerprint density at radius 3 is 2.41 bits per heavy atom. The van der Waals surface area contributed by atoms with Crippen LogP contribution in [0.4, 0.5) is 5.69 Å². The standard InChI is InChI=1S/C23H22N4O5/c1-23(2)14-25(21(29)15-7-4-3-5-8-15)11-12-26(23)22(30)20(28)17-13-24-19-16(17)9-6-10-18(19)27(31)32/h3-10,13,24H,11-12,14H2,1-2H3. The molecule has 0 radical (unpaired) electrons. The highest BCUT2D eigenvalue weighted by Crippen LogP contribution is 2.29. The number of nitro groups is 1. The van der Waals surface area contributed by atoms with Gasteiger partial charge in [0.15, 0.2) is 0 Å². The highest BCUT2D eigenvalue weighted by atomic mass is 16.6. The van der Waals surface area contributed by atoms with Crippen LogP contribution in [0.5, 0.6) is 0 Å². The molecule has 1 saturated heterocycles. The van der Waals surface area contributed by atoms with Gasteiger partial charge < -0.3 is 14.8 Å². The van der Waals surface area contributed by atoms with Crippen LogP contribution in [0, 0.1) is 10.1 Å². The van der Waals surface area contributed by atoms with Gasteiger partial charge in [0.2, 0.25) is 0 Å². The van der Waals surface area contributed by atoms with Crippen molar-refractivity contribution in [2.75, 3.05) is 19.6 Å². The number of hydrogen-bond donors (Lipinski definition) is 1. The van der Waals surface area contributed by atoms with E-state index in [-0.39, 0.29) is 35.8 Å². The van der Waals surface area contributed by atoms with E-state index in [9.17, 15) is 24.5 Å². The Morgan fingerprint density at radius 2 is 1.75 bits per heavy atom. The van der Waals surface area contributed by atoms with Crippen LogP contribution < -0.4 is 0 Å². The van der Waals surface area contributed by atoms with Crippen molar-refractivity contribution in [1.82, 2.24) is 14.8 Å². The van der Waals surface area contributed by atoms with Crippen molar-refractivity contribution in [2.24, 2.45) is 0 Å². The normalized spacial score (nSPS) is 15.6. The summed E-state index contributed by atoms with van der Waals surface area (Å²) in [6.07, 6.45) is 1.33. The number of aromatic nitrogens is 1. The number of Topliss-reactive ketones (excluding diaryl/α,β-unsaturated/α-hetero) is 1. The van der Waals surface area contributed by atoms with Crippen molar-refractivity contribution in [3.05, 3.63) is 76.0 Å². The van der Waals surface area contributed by atoms with Gasteiger partial charge in [-0.3, -0.25) is 24.5 Å². The topological polar surface area (TPSA) is 117 Å². The molecule has 164 valence electrons. The first-order valence-corrected chi connectivity index (χ1v) is 10.2. The van der Waals surface area contributed by atoms with E-state index in [0.717, 1.165) is 0 Å². The molecule has 1 aliphatic rings. The lowest BCUT2D eigenvalue weighted by Gasteiger charge is -2.46. The molecule has 2 heterocycles. The summed E-state index contributed by atoms with van der Waals surface area (Å²) in [4.78, 5) is 55.6. The third-order valence-electron chi connectivity index (χ3n) is 5.78. The van der Waals surface area contributed by atoms with E-state index >= 15 is 0 Å². The number of ketones is 1. The zero-order valence-electron chi connectivity index (χ0n) is 17.7. The minimum Gasteiger partial charge on any atom is -0.355 e. The first kappa shape index (κ1) is 21.2. The van der Waals surface area contributed by atoms with Gasteiger partial charge in [-0.15, -0.1) is 0 Å². The van der Waals surface area contributed by atoms with Gasteiger partial charge in [0, 0.05) is 42.8 Å². The molecule has 9 heteroatoms. The first-order chi connectivity index (χ1) is 15.2. The molecule has 2 aromatic carbocycles. The van der Waals surface area contributed by atoms with Gasteiger partial charge in [0.05, 0.1) is 16.0 Å². The molecular weight excluding hydrogens is 412 g/mol. The van der Waals surface area contributed by atoms with Crippen molar-refractivity contribution in [2.45, 2.75) is 19.4 Å². The average Bonchev–Trinajstić information content (AvgIpc) is 3.21. The number of carbonyl (C=O) groups is 3. The zero-order chi connectivity index (χ0) is 23.0. The van der Waals surface area contributed by atoms with Crippen molar-refractivity contribution >= 4 is 34.2 Å². The van der Waals surface area contributed by atoms with Crippen LogP contribution in [0.1, 0.15) is 34.6 Å². The van der Waals surface area contributed by atoms with Gasteiger partial charge in [-0.25, -0.2) is 0 Å². The lowest BCUT2D eigenvalue weighted by Crippen LogP contribution is -2.63. The maximum atomic E-state index is 13.1. The molecule has 1 fully saturated rings. The largest absolute Gasteiger partial charge is 0.355 e. The molecule has 1 aliphatic heterocycles. The minimum absolute atomic E-state index is 0.0901. The molecule has 0 aliphatic carbocycles. The number of amides is 2. The molecule has 4 rings (SSSR count). The molecule has 0 saturated carbocycles. The highest BCUT2D eigenvalue weighted by molar-refractivity contribution is 6.45. The molecule has 3 aromatic rings. The summed E-state index contributed by atoms with van der Waals surface area (Å²) in [5, 5.41) is 11.6. The second-order valence-corrected chi connectivity index (χ2v) is 8.35. The number of nitrogens with one attached hydrogen (secondary N) is 1. The summed E-state index contributed by atoms with van der Waals surface area (Å²) in [5.41, 5.74) is -0.0755. The van der Waals surface area contributed by atoms with Crippen LogP contribution in [0.15, 0.2) is 54.7 Å². The van der Waals surface area contributed by atoms with Gasteiger partial charge >= 0.3 is 0 Å². The average molecular weight is 434 g/mol. The molecule has 0 atom stereocenters. The third-order valence-corrected chi connectivity index (χ3v) is 5.78. The molecule has 0 unspecified atom stereocenters. The molecular formula is C23H22N4O5. The number of nitro benzene ring substituents is 1. The number of carbonyl (C=O) groups excluding carboxylic acids is 3. The number of nitrogens with zero attached hydrogens (tertiary/aromatic N) is 3. The number of rotatable bonds is 4. The summed E-state index contributed by atoms with van der Waals surface area (Å²) in [6, 6.07) is 13.3. The molecule has 32 heavy (non-hydrogen) atoms. The Balaban J connectivity index is 1.56. The van der Waals surface area contributed by atoms with Crippen molar-refractivity contribution < 1.29 is 19.3 Å². The monoisotopic (exact) mass is 434 g/mol. The van der Waals surface area contributed by atoms with Crippen LogP contribution >= 0.6 is 0 Å². The molecule has 1 aromatic heterocycles. The van der Waals surface area contributed by atoms with Crippen molar-refractivity contribution in [3.63, 3.8) is 0 Å². The van der Waals surface area contributed by atoms with Crippen LogP contribution in [0.2, 0.25) is 0 Å². The zero-order valence-corrected chi connectivity index (χ0v) is 17.7. The predicted octanol–water partition coefficient (Wildman–Crippen LogP) is 3.02. The van der Waals surface area contributed by atoms with Gasteiger partial charge in [-0.05, 0) is 26.0 Å². The number of non-ortho nitro benzene ring substituents is 1. The minimum atomic E-state index is -0.770. The lowest BCUT2D eigenvalue weighted by atomic mass is 9.96. The van der Waals surface area contributed by atoms with Gasteiger partial charge in [-0.2, -0.15) is 0 Å². The summed E-state index contributed by atoms with van der Waals surface area (Å²) in [7, 11) is 0. The third kappa shape index (κ3) is 3.62. The van der Waals surface area contributed by atoms with E-state index in [1.807, 2.05) is 19.9 Å². The Bertz CT molecular complexity index is 1230. The van der Waals surface area contributed by atoms with Gasteiger partial charge in [0.25, 0.3) is 23.3 Å². The smallest absolute Gasteiger partial charge is 0.295 e. The highest BCUT2D eigenvalue weighted by Gasteiger charge is 2.41. The fraction of sp³-hybridized carbons (Fsp3) is 0.261. The van der Waals surface area contributed by atoms with Gasteiger partial charge in [-0.1, -0.05) is 30.3 Å². The fourth-order valence-corrected chi connectivity index (χ4v) is 4.18. The van der Waals surface area contributed by atoms with Crippen LogP contribution in [0.25, 0.3) is 10.9 Å². The fourth-order valence-electron chi connectivity index (χ4n) is 4.18. The van der Waals surface area contributed by atoms with Crippen LogP contribution in [0.3, 0.4) is 0 Å². The second kappa shape index (κ2) is 7.92. The quantitative estimate of drug-likeness (QED) is 0.293. The SMILES string of the molecule is CC1(C)CN(C(=O)c2ccccc2)CCN1C(=O)C(=O)c1c[nH]c2c([N+](=O)[O-])cccc12. The number of benzene rings is 2. The Labute approximate surface area is 183 Å².